The number of hydrogen-bond donors (Lipinski definition) is 4. The lowest BCUT2D eigenvalue weighted by Gasteiger charge is -2.33. The van der Waals surface area contributed by atoms with Crippen molar-refractivity contribution in [1.82, 2.24) is 30.6 Å². The quantitative estimate of drug-likeness (QED) is 0.120. The number of imidazole rings is 2. The molecule has 2 amide bonds. The highest BCUT2D eigenvalue weighted by atomic mass is 19.3. The highest BCUT2D eigenvalue weighted by Crippen LogP contribution is 2.53. The lowest BCUT2D eigenvalue weighted by Crippen LogP contribution is -2.42. The lowest BCUT2D eigenvalue weighted by atomic mass is 9.83. The zero-order chi connectivity index (χ0) is 41.8. The van der Waals surface area contributed by atoms with Gasteiger partial charge in [-0.1, -0.05) is 96.1 Å². The van der Waals surface area contributed by atoms with Crippen molar-refractivity contribution >= 4 is 17.4 Å². The first-order chi connectivity index (χ1) is 27.1. The van der Waals surface area contributed by atoms with Crippen molar-refractivity contribution in [2.24, 2.45) is 22.7 Å². The maximum Gasteiger partial charge on any atom is 0.248 e. The second-order valence-corrected chi connectivity index (χ2v) is 19.2. The van der Waals surface area contributed by atoms with Crippen LogP contribution in [0.25, 0.3) is 28.1 Å². The molecule has 3 aliphatic rings. The van der Waals surface area contributed by atoms with Crippen LogP contribution < -0.4 is 10.6 Å². The maximum absolute atomic E-state index is 13.7. The van der Waals surface area contributed by atoms with Gasteiger partial charge in [-0.05, 0) is 71.3 Å². The van der Waals surface area contributed by atoms with Crippen molar-refractivity contribution in [3.63, 3.8) is 0 Å². The van der Waals surface area contributed by atoms with Gasteiger partial charge in [-0.15, -0.1) is 0 Å². The Morgan fingerprint density at radius 3 is 1.38 bits per heavy atom. The summed E-state index contributed by atoms with van der Waals surface area (Å²) in [5.41, 5.74) is 6.08. The lowest BCUT2D eigenvalue weighted by molar-refractivity contribution is -0.131. The van der Waals surface area contributed by atoms with Gasteiger partial charge in [0.2, 0.25) is 23.7 Å². The van der Waals surface area contributed by atoms with Gasteiger partial charge in [0, 0.05) is 42.9 Å². The van der Waals surface area contributed by atoms with E-state index in [0.717, 1.165) is 33.6 Å². The van der Waals surface area contributed by atoms with Crippen molar-refractivity contribution in [1.29, 1.82) is 0 Å². The fourth-order valence-electron chi connectivity index (χ4n) is 8.47. The molecule has 0 spiro atoms. The summed E-state index contributed by atoms with van der Waals surface area (Å²) < 4.78 is 54.9. The summed E-state index contributed by atoms with van der Waals surface area (Å²) >= 11 is 0. The number of rotatable bonds is 10. The molecule has 2 fully saturated rings. The minimum absolute atomic E-state index is 0.179. The molecule has 1 unspecified atom stereocenters. The third-order valence-electron chi connectivity index (χ3n) is 12.4. The average Bonchev–Trinajstić information content (AvgIpc) is 3.45. The number of benzene rings is 2. The van der Waals surface area contributed by atoms with Crippen molar-refractivity contribution < 1.29 is 27.2 Å². The molecule has 2 saturated carbocycles. The minimum Gasteiger partial charge on any atom is -0.345 e. The van der Waals surface area contributed by atoms with E-state index in [2.05, 4.69) is 92.1 Å². The van der Waals surface area contributed by atoms with Crippen LogP contribution in [-0.2, 0) is 15.0 Å². The first kappa shape index (κ1) is 41.4. The molecule has 8 nitrogen and oxygen atoms in total. The van der Waals surface area contributed by atoms with E-state index in [1.165, 1.54) is 5.57 Å². The third kappa shape index (κ3) is 8.95. The maximum atomic E-state index is 13.7. The fraction of sp³-hybridized carbons (Fsp3) is 0.522. The number of carbonyl (C=O) groups is 2. The van der Waals surface area contributed by atoms with Crippen molar-refractivity contribution in [2.45, 2.75) is 129 Å². The zero-order valence-corrected chi connectivity index (χ0v) is 34.5. The summed E-state index contributed by atoms with van der Waals surface area (Å²) in [5.74, 6) is -5.39. The van der Waals surface area contributed by atoms with Gasteiger partial charge >= 0.3 is 0 Å². The molecular formula is C46H56F4N6O2. The van der Waals surface area contributed by atoms with Crippen molar-refractivity contribution in [3.05, 3.63) is 89.8 Å². The van der Waals surface area contributed by atoms with Gasteiger partial charge in [0.25, 0.3) is 0 Å². The predicted molar refractivity (Wildman–Crippen MR) is 218 cm³/mol. The number of halogens is 4. The largest absolute Gasteiger partial charge is 0.345 e. The van der Waals surface area contributed by atoms with Crippen LogP contribution in [0.5, 0.6) is 0 Å². The topological polar surface area (TPSA) is 116 Å². The molecule has 0 bridgehead atoms. The van der Waals surface area contributed by atoms with Crippen LogP contribution in [0.2, 0.25) is 0 Å². The monoisotopic (exact) mass is 800 g/mol. The van der Waals surface area contributed by atoms with E-state index in [4.69, 9.17) is 0 Å². The van der Waals surface area contributed by atoms with E-state index < -0.39 is 35.8 Å². The molecule has 2 heterocycles. The number of allylic oxidation sites excluding steroid dienone is 2. The number of aromatic amines is 2. The summed E-state index contributed by atoms with van der Waals surface area (Å²) in [5, 5.41) is 6.23. The Morgan fingerprint density at radius 2 is 1.00 bits per heavy atom. The summed E-state index contributed by atoms with van der Waals surface area (Å²) in [6.07, 6.45) is 5.47. The first-order valence-corrected chi connectivity index (χ1v) is 20.5. The van der Waals surface area contributed by atoms with Gasteiger partial charge in [-0.2, -0.15) is 0 Å². The molecule has 0 saturated heterocycles. The standard InChI is InChI=1S/C46H56F4N6O2/c1-42(2,3)36(55-40(57)30-16-20-45(47,48)21-17-30)38-51-25-34(53-38)28-10-8-27(9-11-28)33-24-44(33,7)32-14-12-29(13-15-32)35-26-52-39(54-35)37(43(4,5)6)56-41(58)31-18-22-46(49,50)23-19-31/h8-15,24-26,30-31,36-37H,16-23H2,1-7H3,(H,51,53)(H,52,54)(H,55,57)(H,56,58)/t36-,37-,44?/m1/s1. The molecule has 3 atom stereocenters. The summed E-state index contributed by atoms with van der Waals surface area (Å²) in [6, 6.07) is 15.8. The van der Waals surface area contributed by atoms with Crippen LogP contribution in [0.3, 0.4) is 0 Å². The van der Waals surface area contributed by atoms with E-state index in [-0.39, 0.29) is 79.4 Å². The second kappa shape index (κ2) is 15.1. The first-order valence-electron chi connectivity index (χ1n) is 20.5. The molecule has 4 N–H and O–H groups in total. The van der Waals surface area contributed by atoms with E-state index in [1.54, 1.807) is 12.4 Å². The van der Waals surface area contributed by atoms with Gasteiger partial charge in [-0.25, -0.2) is 27.5 Å². The summed E-state index contributed by atoms with van der Waals surface area (Å²) in [7, 11) is 0. The van der Waals surface area contributed by atoms with Crippen molar-refractivity contribution in [3.8, 4) is 22.5 Å². The molecule has 0 aliphatic heterocycles. The Kier molecular flexibility index (Phi) is 10.8. The normalized spacial score (nSPS) is 22.2. The Labute approximate surface area is 338 Å². The molecule has 310 valence electrons. The van der Waals surface area contributed by atoms with Crippen LogP contribution in [0.4, 0.5) is 17.6 Å². The number of nitrogens with one attached hydrogen (secondary N) is 4. The van der Waals surface area contributed by atoms with E-state index in [0.29, 0.717) is 11.6 Å². The van der Waals surface area contributed by atoms with E-state index >= 15 is 0 Å². The van der Waals surface area contributed by atoms with E-state index in [1.807, 2.05) is 41.5 Å². The smallest absolute Gasteiger partial charge is 0.248 e. The van der Waals surface area contributed by atoms with E-state index in [9.17, 15) is 27.2 Å². The Bertz CT molecular complexity index is 2140. The van der Waals surface area contributed by atoms with Crippen LogP contribution in [0, 0.1) is 22.7 Å². The van der Waals surface area contributed by atoms with Crippen LogP contribution in [0.15, 0.2) is 67.0 Å². The highest BCUT2D eigenvalue weighted by Gasteiger charge is 2.43. The molecule has 4 aromatic rings. The molecule has 3 aliphatic carbocycles. The number of aromatic nitrogens is 4. The molecule has 2 aromatic carbocycles. The van der Waals surface area contributed by atoms with Crippen LogP contribution in [-0.4, -0.2) is 43.6 Å². The minimum atomic E-state index is -2.69. The number of amides is 2. The van der Waals surface area contributed by atoms with Crippen LogP contribution >= 0.6 is 0 Å². The van der Waals surface area contributed by atoms with Gasteiger partial charge in [-0.3, -0.25) is 9.59 Å². The number of hydrogen-bond acceptors (Lipinski definition) is 4. The molecular weight excluding hydrogens is 745 g/mol. The molecule has 2 aromatic heterocycles. The predicted octanol–water partition coefficient (Wildman–Crippen LogP) is 10.9. The molecule has 0 radical (unpaired) electrons. The van der Waals surface area contributed by atoms with Crippen molar-refractivity contribution in [2.75, 3.05) is 0 Å². The van der Waals surface area contributed by atoms with Gasteiger partial charge < -0.3 is 20.6 Å². The second-order valence-electron chi connectivity index (χ2n) is 19.2. The number of carbonyl (C=O) groups excluding carboxylic acids is 2. The number of alkyl halides is 4. The third-order valence-corrected chi connectivity index (χ3v) is 12.4. The molecule has 12 heteroatoms. The summed E-state index contributed by atoms with van der Waals surface area (Å²) in [6.45, 7) is 14.3. The average molecular weight is 801 g/mol. The number of nitrogens with zero attached hydrogens (tertiary/aromatic N) is 2. The van der Waals surface area contributed by atoms with Crippen LogP contribution in [0.1, 0.15) is 135 Å². The Morgan fingerprint density at radius 1 is 0.638 bits per heavy atom. The Balaban J connectivity index is 0.982. The number of H-pyrrole nitrogens is 2. The summed E-state index contributed by atoms with van der Waals surface area (Å²) in [4.78, 5) is 42.5. The SMILES string of the molecule is CC1(c2ccc(-c3cnc([C@@H](NC(=O)C4CCC(F)(F)CC4)C(C)(C)C)[nH]3)cc2)C=C1c1ccc(-c2cnc([C@@H](NC(=O)C3CCC(F)(F)CC3)C(C)(C)C)[nH]2)cc1. The van der Waals surface area contributed by atoms with Gasteiger partial charge in [0.05, 0.1) is 35.9 Å². The van der Waals surface area contributed by atoms with Gasteiger partial charge in [0.1, 0.15) is 11.6 Å². The van der Waals surface area contributed by atoms with Gasteiger partial charge in [0.15, 0.2) is 0 Å². The fourth-order valence-corrected chi connectivity index (χ4v) is 8.47. The highest BCUT2D eigenvalue weighted by molar-refractivity contribution is 5.91. The Hall–Kier alpha value is -4.74. The molecule has 58 heavy (non-hydrogen) atoms. The molecule has 7 rings (SSSR count). The zero-order valence-electron chi connectivity index (χ0n) is 34.5.